The second-order valence-corrected chi connectivity index (χ2v) is 8.84. The van der Waals surface area contributed by atoms with Crippen molar-refractivity contribution in [3.8, 4) is 11.1 Å². The Kier molecular flexibility index (Phi) is 7.49. The van der Waals surface area contributed by atoms with Gasteiger partial charge in [-0.2, -0.15) is 0 Å². The molecule has 2 aromatic carbocycles. The number of Topliss-reactive ketones (excluding diaryl/α,β-unsaturated/α-hetero) is 1. The molecule has 0 N–H and O–H groups in total. The normalized spacial score (nSPS) is 13.3. The van der Waals surface area contributed by atoms with Crippen LogP contribution in [0.25, 0.3) is 28.1 Å². The fourth-order valence-electron chi connectivity index (χ4n) is 4.36. The first-order chi connectivity index (χ1) is 16.9. The predicted octanol–water partition coefficient (Wildman–Crippen LogP) is 5.72. The number of carbonyl (C=O) groups is 3. The molecule has 6 heteroatoms. The van der Waals surface area contributed by atoms with Crippen LogP contribution < -0.4 is 0 Å². The Morgan fingerprint density at radius 1 is 1.00 bits per heavy atom. The number of benzene rings is 2. The molecule has 1 saturated carbocycles. The van der Waals surface area contributed by atoms with Gasteiger partial charge in [0.1, 0.15) is 11.6 Å². The molecule has 4 rings (SSSR count). The van der Waals surface area contributed by atoms with E-state index in [1.165, 1.54) is 18.2 Å². The number of fused-ring (bicyclic) bond motifs is 1. The standard InChI is InChI=1S/C29H29FN2O3/c1-3-32(4-2)27(35)18-23(34)17-22(33)15-16-25-28(19-11-13-21(30)14-12-19)24-7-5-6-8-26(24)31-29(25)20-9-10-20/h5-8,11-16,20H,3-4,9-10,17-18H2,1-2H3. The Morgan fingerprint density at radius 2 is 1.69 bits per heavy atom. The molecule has 1 aliphatic carbocycles. The third-order valence-electron chi connectivity index (χ3n) is 6.33. The number of pyridine rings is 1. The first kappa shape index (κ1) is 24.5. The van der Waals surface area contributed by atoms with Gasteiger partial charge in [-0.3, -0.25) is 19.4 Å². The summed E-state index contributed by atoms with van der Waals surface area (Å²) in [6.07, 6.45) is 4.59. The van der Waals surface area contributed by atoms with E-state index in [9.17, 15) is 18.8 Å². The number of amides is 1. The maximum Gasteiger partial charge on any atom is 0.230 e. The quantitative estimate of drug-likeness (QED) is 0.280. The van der Waals surface area contributed by atoms with Crippen molar-refractivity contribution in [2.45, 2.75) is 45.4 Å². The minimum absolute atomic E-state index is 0.259. The topological polar surface area (TPSA) is 67.3 Å². The summed E-state index contributed by atoms with van der Waals surface area (Å²) in [7, 11) is 0. The van der Waals surface area contributed by atoms with Crippen molar-refractivity contribution in [2.75, 3.05) is 13.1 Å². The minimum Gasteiger partial charge on any atom is -0.343 e. The Hall–Kier alpha value is -3.67. The highest BCUT2D eigenvalue weighted by Crippen LogP contribution is 2.45. The van der Waals surface area contributed by atoms with Crippen LogP contribution in [0.15, 0.2) is 54.6 Å². The van der Waals surface area contributed by atoms with Crippen molar-refractivity contribution in [1.82, 2.24) is 9.88 Å². The van der Waals surface area contributed by atoms with Gasteiger partial charge in [0.05, 0.1) is 24.1 Å². The van der Waals surface area contributed by atoms with Gasteiger partial charge in [0.25, 0.3) is 0 Å². The highest BCUT2D eigenvalue weighted by Gasteiger charge is 2.29. The second-order valence-electron chi connectivity index (χ2n) is 8.84. The van der Waals surface area contributed by atoms with Crippen LogP contribution in [-0.2, 0) is 14.4 Å². The summed E-state index contributed by atoms with van der Waals surface area (Å²) < 4.78 is 13.7. The molecule has 0 saturated heterocycles. The third-order valence-corrected chi connectivity index (χ3v) is 6.33. The number of halogens is 1. The molecule has 1 aliphatic rings. The van der Waals surface area contributed by atoms with Crippen LogP contribution in [0.2, 0.25) is 0 Å². The van der Waals surface area contributed by atoms with Gasteiger partial charge >= 0.3 is 0 Å². The lowest BCUT2D eigenvalue weighted by molar-refractivity contribution is -0.135. The molecule has 1 amide bonds. The van der Waals surface area contributed by atoms with E-state index in [1.54, 1.807) is 23.1 Å². The van der Waals surface area contributed by atoms with Gasteiger partial charge < -0.3 is 4.90 Å². The first-order valence-electron chi connectivity index (χ1n) is 12.1. The fourth-order valence-corrected chi connectivity index (χ4v) is 4.36. The molecular weight excluding hydrogens is 443 g/mol. The van der Waals surface area contributed by atoms with E-state index in [0.29, 0.717) is 19.0 Å². The zero-order valence-electron chi connectivity index (χ0n) is 20.1. The Bertz CT molecular complexity index is 1290. The van der Waals surface area contributed by atoms with E-state index in [4.69, 9.17) is 4.98 Å². The maximum atomic E-state index is 13.7. The van der Waals surface area contributed by atoms with E-state index in [-0.39, 0.29) is 30.3 Å². The second kappa shape index (κ2) is 10.7. The molecule has 0 aliphatic heterocycles. The Morgan fingerprint density at radius 3 is 2.34 bits per heavy atom. The molecule has 0 unspecified atom stereocenters. The SMILES string of the molecule is CCN(CC)C(=O)CC(=O)CC(=O)C=Cc1c(C2CC2)nc2ccccc2c1-c1ccc(F)cc1. The summed E-state index contributed by atoms with van der Waals surface area (Å²) in [6.45, 7) is 4.77. The van der Waals surface area contributed by atoms with Gasteiger partial charge in [0.15, 0.2) is 5.78 Å². The van der Waals surface area contributed by atoms with Gasteiger partial charge in [-0.05, 0) is 62.6 Å². The van der Waals surface area contributed by atoms with Gasteiger partial charge in [-0.25, -0.2) is 4.39 Å². The van der Waals surface area contributed by atoms with Crippen LogP contribution in [0.4, 0.5) is 4.39 Å². The van der Waals surface area contributed by atoms with Crippen LogP contribution in [-0.4, -0.2) is 40.4 Å². The number of hydrogen-bond donors (Lipinski definition) is 0. The molecule has 0 radical (unpaired) electrons. The highest BCUT2D eigenvalue weighted by molar-refractivity contribution is 6.11. The summed E-state index contributed by atoms with van der Waals surface area (Å²) in [5, 5.41) is 0.913. The average Bonchev–Trinajstić information content (AvgIpc) is 3.68. The van der Waals surface area contributed by atoms with Crippen molar-refractivity contribution in [2.24, 2.45) is 0 Å². The molecule has 0 atom stereocenters. The molecule has 35 heavy (non-hydrogen) atoms. The molecule has 1 fully saturated rings. The van der Waals surface area contributed by atoms with Gasteiger partial charge in [0, 0.05) is 35.5 Å². The number of allylic oxidation sites excluding steroid dienone is 1. The number of carbonyl (C=O) groups excluding carboxylic acids is 3. The molecule has 0 bridgehead atoms. The maximum absolute atomic E-state index is 13.7. The van der Waals surface area contributed by atoms with Gasteiger partial charge in [0.2, 0.25) is 5.91 Å². The smallest absolute Gasteiger partial charge is 0.230 e. The predicted molar refractivity (Wildman–Crippen MR) is 135 cm³/mol. The highest BCUT2D eigenvalue weighted by atomic mass is 19.1. The molecule has 1 aromatic heterocycles. The van der Waals surface area contributed by atoms with E-state index in [1.807, 2.05) is 38.1 Å². The monoisotopic (exact) mass is 472 g/mol. The van der Waals surface area contributed by atoms with E-state index >= 15 is 0 Å². The number of hydrogen-bond acceptors (Lipinski definition) is 4. The zero-order valence-corrected chi connectivity index (χ0v) is 20.1. The van der Waals surface area contributed by atoms with Crippen LogP contribution >= 0.6 is 0 Å². The largest absolute Gasteiger partial charge is 0.343 e. The number of rotatable bonds is 10. The van der Waals surface area contributed by atoms with Crippen molar-refractivity contribution in [3.05, 3.63) is 71.7 Å². The Balaban J connectivity index is 1.66. The lowest BCUT2D eigenvalue weighted by Gasteiger charge is -2.17. The molecular formula is C29H29FN2O3. The van der Waals surface area contributed by atoms with Gasteiger partial charge in [-0.15, -0.1) is 0 Å². The molecule has 180 valence electrons. The Labute approximate surface area is 204 Å². The van der Waals surface area contributed by atoms with Crippen LogP contribution in [0.3, 0.4) is 0 Å². The lowest BCUT2D eigenvalue weighted by atomic mass is 9.92. The summed E-state index contributed by atoms with van der Waals surface area (Å²) in [6, 6.07) is 14.1. The lowest BCUT2D eigenvalue weighted by Crippen LogP contribution is -2.32. The van der Waals surface area contributed by atoms with Crippen LogP contribution in [0, 0.1) is 5.82 Å². The number of para-hydroxylation sites is 1. The molecule has 0 spiro atoms. The number of nitrogens with zero attached hydrogens (tertiary/aromatic N) is 2. The van der Waals surface area contributed by atoms with Crippen molar-refractivity contribution >= 4 is 34.5 Å². The van der Waals surface area contributed by atoms with Crippen LogP contribution in [0.1, 0.15) is 56.7 Å². The number of aromatic nitrogens is 1. The molecule has 1 heterocycles. The van der Waals surface area contributed by atoms with Crippen molar-refractivity contribution in [3.63, 3.8) is 0 Å². The summed E-state index contributed by atoms with van der Waals surface area (Å²) >= 11 is 0. The third kappa shape index (κ3) is 5.70. The van der Waals surface area contributed by atoms with E-state index in [0.717, 1.165) is 46.1 Å². The first-order valence-corrected chi connectivity index (χ1v) is 12.1. The summed E-state index contributed by atoms with van der Waals surface area (Å²) in [4.78, 5) is 43.7. The van der Waals surface area contributed by atoms with Gasteiger partial charge in [-0.1, -0.05) is 30.3 Å². The molecule has 3 aromatic rings. The minimum atomic E-state index is -0.394. The number of ketones is 2. The average molecular weight is 473 g/mol. The van der Waals surface area contributed by atoms with E-state index in [2.05, 4.69) is 0 Å². The zero-order chi connectivity index (χ0) is 24.9. The van der Waals surface area contributed by atoms with Crippen LogP contribution in [0.5, 0.6) is 0 Å². The van der Waals surface area contributed by atoms with E-state index < -0.39 is 5.78 Å². The summed E-state index contributed by atoms with van der Waals surface area (Å²) in [5.74, 6) is -1.02. The van der Waals surface area contributed by atoms with Crippen molar-refractivity contribution in [1.29, 1.82) is 0 Å². The molecule has 5 nitrogen and oxygen atoms in total. The fraction of sp³-hybridized carbons (Fsp3) is 0.310. The van der Waals surface area contributed by atoms with Crippen molar-refractivity contribution < 1.29 is 18.8 Å². The summed E-state index contributed by atoms with van der Waals surface area (Å²) in [5.41, 5.74) is 4.31.